The monoisotopic (exact) mass is 400 g/mol. The lowest BCUT2D eigenvalue weighted by Crippen LogP contribution is -2.22. The molecule has 3 rings (SSSR count). The van der Waals surface area contributed by atoms with E-state index < -0.39 is 0 Å². The van der Waals surface area contributed by atoms with E-state index in [4.69, 9.17) is 11.6 Å². The molecule has 0 atom stereocenters. The van der Waals surface area contributed by atoms with E-state index in [-0.39, 0.29) is 23.2 Å². The third kappa shape index (κ3) is 5.87. The lowest BCUT2D eigenvalue weighted by atomic mass is 10.2. The van der Waals surface area contributed by atoms with Gasteiger partial charge >= 0.3 is 0 Å². The van der Waals surface area contributed by atoms with Gasteiger partial charge in [0.05, 0.1) is 0 Å². The number of rotatable bonds is 7. The number of anilines is 1. The predicted molar refractivity (Wildman–Crippen MR) is 106 cm³/mol. The second-order valence-electron chi connectivity index (χ2n) is 5.73. The van der Waals surface area contributed by atoms with E-state index in [1.54, 1.807) is 24.3 Å². The van der Waals surface area contributed by atoms with E-state index in [2.05, 4.69) is 20.8 Å². The van der Waals surface area contributed by atoms with Gasteiger partial charge < -0.3 is 10.6 Å². The van der Waals surface area contributed by atoms with Crippen LogP contribution in [0.1, 0.15) is 26.8 Å². The van der Waals surface area contributed by atoms with Gasteiger partial charge in [0, 0.05) is 30.1 Å². The summed E-state index contributed by atoms with van der Waals surface area (Å²) in [5.74, 6) is -0.423. The van der Waals surface area contributed by atoms with Gasteiger partial charge in [0.25, 0.3) is 5.91 Å². The number of aromatic nitrogens is 2. The highest BCUT2D eigenvalue weighted by atomic mass is 35.5. The second kappa shape index (κ2) is 9.25. The van der Waals surface area contributed by atoms with E-state index in [0.29, 0.717) is 28.7 Å². The molecule has 0 fully saturated rings. The van der Waals surface area contributed by atoms with Crippen molar-refractivity contribution in [1.29, 1.82) is 0 Å². The quantitative estimate of drug-likeness (QED) is 0.633. The summed E-state index contributed by atoms with van der Waals surface area (Å²) in [7, 11) is 0. The van der Waals surface area contributed by atoms with Crippen LogP contribution < -0.4 is 10.6 Å². The Hall–Kier alpha value is -2.77. The van der Waals surface area contributed by atoms with E-state index >= 15 is 0 Å². The van der Waals surface area contributed by atoms with Crippen molar-refractivity contribution in [2.75, 3.05) is 5.32 Å². The molecular formula is C19H17ClN4O2S. The fourth-order valence-corrected chi connectivity index (χ4v) is 3.23. The Labute approximate surface area is 165 Å². The minimum Gasteiger partial charge on any atom is -0.352 e. The molecule has 0 saturated heterocycles. The van der Waals surface area contributed by atoms with Gasteiger partial charge in [-0.1, -0.05) is 59.3 Å². The van der Waals surface area contributed by atoms with Crippen LogP contribution in [0.2, 0.25) is 5.02 Å². The largest absolute Gasteiger partial charge is 0.352 e. The molecule has 138 valence electrons. The minimum absolute atomic E-state index is 0.0704. The Kier molecular flexibility index (Phi) is 6.51. The molecule has 6 nitrogen and oxygen atoms in total. The van der Waals surface area contributed by atoms with Crippen LogP contribution in [0, 0.1) is 0 Å². The number of amides is 2. The third-order valence-electron chi connectivity index (χ3n) is 3.64. The van der Waals surface area contributed by atoms with Crippen LogP contribution >= 0.6 is 22.9 Å². The molecule has 1 aromatic heterocycles. The first-order chi connectivity index (χ1) is 13.1. The number of aryl methyl sites for hydroxylation is 1. The number of hydrogen-bond donors (Lipinski definition) is 2. The van der Waals surface area contributed by atoms with Gasteiger partial charge in [0.1, 0.15) is 5.01 Å². The maximum atomic E-state index is 12.2. The first kappa shape index (κ1) is 19.0. The van der Waals surface area contributed by atoms with Gasteiger partial charge in [0.15, 0.2) is 0 Å². The standard InChI is InChI=1S/C19H17ClN4O2S/c20-14-7-4-8-15(11-14)22-18(26)19-24-23-17(27-19)10-9-16(25)21-12-13-5-2-1-3-6-13/h1-8,11H,9-10,12H2,(H,21,25)(H,22,26). The number of carbonyl (C=O) groups excluding carboxylic acids is 2. The summed E-state index contributed by atoms with van der Waals surface area (Å²) in [6, 6.07) is 16.6. The van der Waals surface area contributed by atoms with Crippen LogP contribution in [0.25, 0.3) is 0 Å². The lowest BCUT2D eigenvalue weighted by molar-refractivity contribution is -0.121. The number of carbonyl (C=O) groups is 2. The topological polar surface area (TPSA) is 84.0 Å². The maximum absolute atomic E-state index is 12.2. The fraction of sp³-hybridized carbons (Fsp3) is 0.158. The van der Waals surface area contributed by atoms with Crippen molar-refractivity contribution in [2.45, 2.75) is 19.4 Å². The molecule has 3 aromatic rings. The molecular weight excluding hydrogens is 384 g/mol. The molecule has 0 aliphatic heterocycles. The molecule has 8 heteroatoms. The van der Waals surface area contributed by atoms with Gasteiger partial charge in [-0.15, -0.1) is 10.2 Å². The van der Waals surface area contributed by atoms with Crippen LogP contribution in [0.3, 0.4) is 0 Å². The van der Waals surface area contributed by atoms with Crippen LogP contribution in [-0.2, 0) is 17.8 Å². The molecule has 0 spiro atoms. The first-order valence-corrected chi connectivity index (χ1v) is 9.49. The molecule has 2 N–H and O–H groups in total. The van der Waals surface area contributed by atoms with E-state index in [9.17, 15) is 9.59 Å². The molecule has 0 aliphatic carbocycles. The van der Waals surface area contributed by atoms with Crippen molar-refractivity contribution in [3.05, 3.63) is 75.2 Å². The van der Waals surface area contributed by atoms with Crippen molar-refractivity contribution in [3.8, 4) is 0 Å². The third-order valence-corrected chi connectivity index (χ3v) is 4.86. The average Bonchev–Trinajstić information content (AvgIpc) is 3.15. The zero-order valence-corrected chi connectivity index (χ0v) is 15.9. The SMILES string of the molecule is O=C(CCc1nnc(C(=O)Nc2cccc(Cl)c2)s1)NCc1ccccc1. The van der Waals surface area contributed by atoms with E-state index in [1.807, 2.05) is 30.3 Å². The molecule has 0 unspecified atom stereocenters. The van der Waals surface area contributed by atoms with Crippen LogP contribution in [0.15, 0.2) is 54.6 Å². The Morgan fingerprint density at radius 1 is 1.04 bits per heavy atom. The number of benzene rings is 2. The molecule has 2 aromatic carbocycles. The average molecular weight is 401 g/mol. The van der Waals surface area contributed by atoms with Crippen LogP contribution in [0.5, 0.6) is 0 Å². The van der Waals surface area contributed by atoms with E-state index in [0.717, 1.165) is 5.56 Å². The predicted octanol–water partition coefficient (Wildman–Crippen LogP) is 3.69. The van der Waals surface area contributed by atoms with Gasteiger partial charge in [-0.2, -0.15) is 0 Å². The fourth-order valence-electron chi connectivity index (χ4n) is 2.30. The Bertz CT molecular complexity index is 930. The number of hydrogen-bond acceptors (Lipinski definition) is 5. The van der Waals surface area contributed by atoms with Crippen molar-refractivity contribution in [1.82, 2.24) is 15.5 Å². The van der Waals surface area contributed by atoms with Gasteiger partial charge in [-0.05, 0) is 23.8 Å². The molecule has 0 aliphatic rings. The van der Waals surface area contributed by atoms with Gasteiger partial charge in [-0.3, -0.25) is 9.59 Å². The van der Waals surface area contributed by atoms with Crippen molar-refractivity contribution >= 4 is 40.4 Å². The summed E-state index contributed by atoms with van der Waals surface area (Å²) in [6.07, 6.45) is 0.722. The van der Waals surface area contributed by atoms with Crippen molar-refractivity contribution in [2.24, 2.45) is 0 Å². The Morgan fingerprint density at radius 3 is 2.63 bits per heavy atom. The Balaban J connectivity index is 1.47. The second-order valence-corrected chi connectivity index (χ2v) is 7.23. The molecule has 0 saturated carbocycles. The van der Waals surface area contributed by atoms with Crippen LogP contribution in [0.4, 0.5) is 5.69 Å². The van der Waals surface area contributed by atoms with Crippen molar-refractivity contribution in [3.63, 3.8) is 0 Å². The normalized spacial score (nSPS) is 10.4. The smallest absolute Gasteiger partial charge is 0.286 e. The molecule has 0 bridgehead atoms. The summed E-state index contributed by atoms with van der Waals surface area (Å²) in [5.41, 5.74) is 1.63. The van der Waals surface area contributed by atoms with Gasteiger partial charge in [0.2, 0.25) is 10.9 Å². The summed E-state index contributed by atoms with van der Waals surface area (Å²) in [5, 5.41) is 14.9. The van der Waals surface area contributed by atoms with Crippen molar-refractivity contribution < 1.29 is 9.59 Å². The summed E-state index contributed by atoms with van der Waals surface area (Å²) >= 11 is 7.07. The molecule has 1 heterocycles. The summed E-state index contributed by atoms with van der Waals surface area (Å²) in [4.78, 5) is 24.2. The highest BCUT2D eigenvalue weighted by Gasteiger charge is 2.14. The zero-order valence-electron chi connectivity index (χ0n) is 14.3. The highest BCUT2D eigenvalue weighted by molar-refractivity contribution is 7.13. The molecule has 27 heavy (non-hydrogen) atoms. The zero-order chi connectivity index (χ0) is 19.1. The first-order valence-electron chi connectivity index (χ1n) is 8.30. The summed E-state index contributed by atoms with van der Waals surface area (Å²) < 4.78 is 0. The van der Waals surface area contributed by atoms with Gasteiger partial charge in [-0.25, -0.2) is 0 Å². The number of halogens is 1. The van der Waals surface area contributed by atoms with Crippen LogP contribution in [-0.4, -0.2) is 22.0 Å². The number of nitrogens with zero attached hydrogens (tertiary/aromatic N) is 2. The van der Waals surface area contributed by atoms with E-state index in [1.165, 1.54) is 11.3 Å². The molecule has 0 radical (unpaired) electrons. The maximum Gasteiger partial charge on any atom is 0.286 e. The Morgan fingerprint density at radius 2 is 1.85 bits per heavy atom. The summed E-state index contributed by atoms with van der Waals surface area (Å²) in [6.45, 7) is 0.489. The lowest BCUT2D eigenvalue weighted by Gasteiger charge is -2.04. The number of nitrogens with one attached hydrogen (secondary N) is 2. The highest BCUT2D eigenvalue weighted by Crippen LogP contribution is 2.17. The minimum atomic E-state index is -0.352. The molecule has 2 amide bonds.